The molecule has 8 nitrogen and oxygen atoms in total. The molecule has 0 radical (unpaired) electrons. The van der Waals surface area contributed by atoms with Gasteiger partial charge in [0.2, 0.25) is 0 Å². The van der Waals surface area contributed by atoms with Crippen molar-refractivity contribution >= 4 is 24.0 Å². The van der Waals surface area contributed by atoms with Crippen LogP contribution in [0.4, 0.5) is 5.69 Å². The predicted molar refractivity (Wildman–Crippen MR) is 99.9 cm³/mol. The normalized spacial score (nSPS) is 14.6. The molecule has 1 fully saturated rings. The Morgan fingerprint density at radius 1 is 1.23 bits per heavy atom. The molecule has 0 bridgehead atoms. The van der Waals surface area contributed by atoms with Crippen LogP contribution in [0.15, 0.2) is 48.9 Å². The Hall–Kier alpha value is -2.71. The minimum atomic E-state index is -0.266. The zero-order valence-electron chi connectivity index (χ0n) is 14.1. The van der Waals surface area contributed by atoms with E-state index in [0.717, 1.165) is 31.6 Å². The van der Waals surface area contributed by atoms with Gasteiger partial charge in [0.05, 0.1) is 17.9 Å². The van der Waals surface area contributed by atoms with Gasteiger partial charge in [-0.15, -0.1) is 17.5 Å². The maximum absolute atomic E-state index is 12.4. The Morgan fingerprint density at radius 3 is 2.85 bits per heavy atom. The lowest BCUT2D eigenvalue weighted by molar-refractivity contribution is 0.102. The monoisotopic (exact) mass is 373 g/mol. The van der Waals surface area contributed by atoms with Gasteiger partial charge >= 0.3 is 0 Å². The molecule has 0 spiro atoms. The van der Waals surface area contributed by atoms with Crippen LogP contribution in [0.2, 0.25) is 0 Å². The van der Waals surface area contributed by atoms with Gasteiger partial charge < -0.3 is 10.6 Å². The molecule has 26 heavy (non-hydrogen) atoms. The number of aromatic nitrogens is 5. The molecule has 1 aliphatic rings. The number of amides is 1. The van der Waals surface area contributed by atoms with Gasteiger partial charge in [0.15, 0.2) is 5.69 Å². The molecule has 3 aromatic rings. The van der Waals surface area contributed by atoms with Crippen LogP contribution in [0.3, 0.4) is 0 Å². The zero-order valence-corrected chi connectivity index (χ0v) is 14.9. The highest BCUT2D eigenvalue weighted by Gasteiger charge is 2.18. The molecule has 1 aliphatic heterocycles. The van der Waals surface area contributed by atoms with Crippen molar-refractivity contribution in [1.29, 1.82) is 0 Å². The Morgan fingerprint density at radius 2 is 2.08 bits per heavy atom. The highest BCUT2D eigenvalue weighted by atomic mass is 35.5. The molecule has 4 rings (SSSR count). The van der Waals surface area contributed by atoms with Gasteiger partial charge in [0, 0.05) is 18.1 Å². The van der Waals surface area contributed by atoms with E-state index in [-0.39, 0.29) is 18.3 Å². The molecule has 136 valence electrons. The largest absolute Gasteiger partial charge is 0.320 e. The molecule has 0 aliphatic carbocycles. The summed E-state index contributed by atoms with van der Waals surface area (Å²) in [5.74, 6) is -0.266. The molecule has 1 aromatic carbocycles. The van der Waals surface area contributed by atoms with E-state index in [2.05, 4.69) is 26.0 Å². The number of nitrogens with zero attached hydrogens (tertiary/aromatic N) is 5. The molecule has 2 aromatic heterocycles. The molecule has 1 saturated heterocycles. The fourth-order valence-corrected chi connectivity index (χ4v) is 2.97. The van der Waals surface area contributed by atoms with Crippen molar-refractivity contribution in [2.24, 2.45) is 0 Å². The second-order valence-corrected chi connectivity index (χ2v) is 6.02. The second kappa shape index (κ2) is 8.11. The number of nitrogens with one attached hydrogen (secondary N) is 2. The molecule has 2 N–H and O–H groups in total. The molecular weight excluding hydrogens is 354 g/mol. The third-order valence-electron chi connectivity index (χ3n) is 4.30. The van der Waals surface area contributed by atoms with Crippen molar-refractivity contribution in [2.45, 2.75) is 18.9 Å². The van der Waals surface area contributed by atoms with Crippen LogP contribution in [0.25, 0.3) is 5.69 Å². The Kier molecular flexibility index (Phi) is 5.65. The fourth-order valence-electron chi connectivity index (χ4n) is 2.97. The van der Waals surface area contributed by atoms with Gasteiger partial charge in [-0.05, 0) is 50.2 Å². The van der Waals surface area contributed by atoms with Crippen LogP contribution in [0.5, 0.6) is 0 Å². The van der Waals surface area contributed by atoms with Crippen LogP contribution in [-0.2, 0) is 0 Å². The van der Waals surface area contributed by atoms with Crippen molar-refractivity contribution in [1.82, 2.24) is 30.1 Å². The summed E-state index contributed by atoms with van der Waals surface area (Å²) in [5.41, 5.74) is 1.89. The highest BCUT2D eigenvalue weighted by Crippen LogP contribution is 2.18. The highest BCUT2D eigenvalue weighted by molar-refractivity contribution is 6.02. The first kappa shape index (κ1) is 18.1. The predicted octanol–water partition coefficient (Wildman–Crippen LogP) is 2.06. The maximum atomic E-state index is 12.4. The van der Waals surface area contributed by atoms with E-state index in [1.165, 1.54) is 0 Å². The van der Waals surface area contributed by atoms with E-state index in [1.807, 2.05) is 36.5 Å². The number of hydrogen-bond donors (Lipinski definition) is 2. The topological polar surface area (TPSA) is 89.7 Å². The summed E-state index contributed by atoms with van der Waals surface area (Å²) in [6.07, 6.45) is 7.28. The Bertz CT molecular complexity index is 856. The van der Waals surface area contributed by atoms with Crippen LogP contribution in [0, 0.1) is 0 Å². The number of carbonyl (C=O) groups is 1. The fraction of sp³-hybridized carbons (Fsp3) is 0.294. The van der Waals surface area contributed by atoms with E-state index in [1.54, 1.807) is 21.8 Å². The quantitative estimate of drug-likeness (QED) is 0.730. The molecule has 1 amide bonds. The first-order valence-electron chi connectivity index (χ1n) is 8.33. The summed E-state index contributed by atoms with van der Waals surface area (Å²) in [6.45, 7) is 1.93. The second-order valence-electron chi connectivity index (χ2n) is 6.02. The smallest absolute Gasteiger partial charge is 0.277 e. The summed E-state index contributed by atoms with van der Waals surface area (Å²) in [4.78, 5) is 12.4. The number of benzene rings is 1. The van der Waals surface area contributed by atoms with Gasteiger partial charge in [-0.2, -0.15) is 5.10 Å². The van der Waals surface area contributed by atoms with E-state index in [4.69, 9.17) is 0 Å². The number of halogens is 1. The average molecular weight is 374 g/mol. The van der Waals surface area contributed by atoms with Crippen molar-refractivity contribution < 1.29 is 4.79 Å². The number of carbonyl (C=O) groups excluding carboxylic acids is 1. The van der Waals surface area contributed by atoms with Crippen molar-refractivity contribution in [2.75, 3.05) is 18.4 Å². The van der Waals surface area contributed by atoms with Gasteiger partial charge in [-0.25, -0.2) is 9.36 Å². The van der Waals surface area contributed by atoms with E-state index < -0.39 is 0 Å². The average Bonchev–Trinajstić information content (AvgIpc) is 3.35. The molecule has 0 unspecified atom stereocenters. The first-order chi connectivity index (χ1) is 12.3. The summed E-state index contributed by atoms with van der Waals surface area (Å²) in [5, 5.41) is 18.5. The van der Waals surface area contributed by atoms with Gasteiger partial charge in [0.1, 0.15) is 0 Å². The SMILES string of the molecule is Cl.O=C(Nc1cccc(-n2cccn2)c1)c1cn(C2CCNCC2)nn1. The third kappa shape index (κ3) is 3.92. The summed E-state index contributed by atoms with van der Waals surface area (Å²) in [7, 11) is 0. The van der Waals surface area contributed by atoms with E-state index in [0.29, 0.717) is 17.4 Å². The number of anilines is 1. The Labute approximate surface area is 157 Å². The van der Waals surface area contributed by atoms with E-state index in [9.17, 15) is 4.79 Å². The van der Waals surface area contributed by atoms with E-state index >= 15 is 0 Å². The first-order valence-corrected chi connectivity index (χ1v) is 8.33. The number of piperidine rings is 1. The van der Waals surface area contributed by atoms with Crippen molar-refractivity contribution in [3.8, 4) is 5.69 Å². The lowest BCUT2D eigenvalue weighted by Crippen LogP contribution is -2.29. The lowest BCUT2D eigenvalue weighted by atomic mass is 10.1. The lowest BCUT2D eigenvalue weighted by Gasteiger charge is -2.22. The van der Waals surface area contributed by atoms with Crippen molar-refractivity contribution in [3.63, 3.8) is 0 Å². The molecule has 9 heteroatoms. The van der Waals surface area contributed by atoms with Crippen LogP contribution in [0.1, 0.15) is 29.4 Å². The maximum Gasteiger partial charge on any atom is 0.277 e. The standard InChI is InChI=1S/C17H19N7O.ClH/c25-17(16-12-24(22-21-16)14-5-8-18-9-6-14)20-13-3-1-4-15(11-13)23-10-2-7-19-23;/h1-4,7,10-12,14,18H,5-6,8-9H2,(H,20,25);1H. The van der Waals surface area contributed by atoms with Gasteiger partial charge in [-0.1, -0.05) is 11.3 Å². The van der Waals surface area contributed by atoms with Crippen LogP contribution < -0.4 is 10.6 Å². The molecule has 3 heterocycles. The summed E-state index contributed by atoms with van der Waals surface area (Å²) < 4.78 is 3.54. The van der Waals surface area contributed by atoms with Gasteiger partial charge in [-0.3, -0.25) is 4.79 Å². The van der Waals surface area contributed by atoms with Crippen molar-refractivity contribution in [3.05, 3.63) is 54.6 Å². The minimum absolute atomic E-state index is 0. The molecular formula is C17H20ClN7O. The number of hydrogen-bond acceptors (Lipinski definition) is 5. The van der Waals surface area contributed by atoms with Crippen LogP contribution >= 0.6 is 12.4 Å². The Balaban J connectivity index is 0.00000196. The summed E-state index contributed by atoms with van der Waals surface area (Å²) in [6, 6.07) is 9.65. The van der Waals surface area contributed by atoms with Gasteiger partial charge in [0.25, 0.3) is 5.91 Å². The van der Waals surface area contributed by atoms with Crippen LogP contribution in [-0.4, -0.2) is 43.8 Å². The third-order valence-corrected chi connectivity index (χ3v) is 4.30. The zero-order chi connectivity index (χ0) is 17.1. The minimum Gasteiger partial charge on any atom is -0.320 e. The summed E-state index contributed by atoms with van der Waals surface area (Å²) >= 11 is 0. The number of rotatable bonds is 4. The molecule has 0 saturated carbocycles. The molecule has 0 atom stereocenters.